The maximum Gasteiger partial charge on any atom is 0.320 e. The molecule has 6 rings (SSSR count). The number of hydrogen-bond donors (Lipinski definition) is 1. The van der Waals surface area contributed by atoms with E-state index < -0.39 is 22.1 Å². The zero-order valence-electron chi connectivity index (χ0n) is 17.7. The molecule has 0 radical (unpaired) electrons. The molecule has 2 unspecified atom stereocenters. The van der Waals surface area contributed by atoms with Crippen molar-refractivity contribution in [3.8, 4) is 11.8 Å². The van der Waals surface area contributed by atoms with Crippen LogP contribution in [0.1, 0.15) is 43.2 Å². The molecule has 31 heavy (non-hydrogen) atoms. The van der Waals surface area contributed by atoms with E-state index in [4.69, 9.17) is 0 Å². The number of rotatable bonds is 4. The Balaban J connectivity index is 1.39. The van der Waals surface area contributed by atoms with Gasteiger partial charge in [0.15, 0.2) is 0 Å². The number of benzene rings is 1. The molecule has 0 spiro atoms. The van der Waals surface area contributed by atoms with Crippen LogP contribution in [-0.2, 0) is 16.4 Å². The van der Waals surface area contributed by atoms with E-state index >= 15 is 4.39 Å². The normalized spacial score (nSPS) is 31.2. The molecule has 2 atom stereocenters. The van der Waals surface area contributed by atoms with Crippen LogP contribution < -0.4 is 4.72 Å². The zero-order chi connectivity index (χ0) is 21.8. The lowest BCUT2D eigenvalue weighted by Crippen LogP contribution is -2.54. The first-order valence-electron chi connectivity index (χ1n) is 11.1. The minimum atomic E-state index is -3.45. The fourth-order valence-electron chi connectivity index (χ4n) is 5.34. The number of nitrogens with one attached hydrogen (secondary N) is 1. The van der Waals surface area contributed by atoms with Crippen molar-refractivity contribution in [2.75, 3.05) is 25.9 Å². The monoisotopic (exact) mass is 445 g/mol. The molecule has 2 amide bonds. The highest BCUT2D eigenvalue weighted by Crippen LogP contribution is 2.63. The van der Waals surface area contributed by atoms with Gasteiger partial charge in [-0.2, -0.15) is 0 Å². The largest absolute Gasteiger partial charge is 0.325 e. The van der Waals surface area contributed by atoms with E-state index in [2.05, 4.69) is 16.6 Å². The van der Waals surface area contributed by atoms with Crippen LogP contribution >= 0.6 is 0 Å². The lowest BCUT2D eigenvalue weighted by atomic mass is 9.45. The summed E-state index contributed by atoms with van der Waals surface area (Å²) in [5.41, 5.74) is 0.968. The van der Waals surface area contributed by atoms with Crippen LogP contribution in [0, 0.1) is 29.0 Å². The average molecular weight is 446 g/mol. The Labute approximate surface area is 183 Å². The Morgan fingerprint density at radius 1 is 1.26 bits per heavy atom. The molecule has 2 aliphatic heterocycles. The van der Waals surface area contributed by atoms with Gasteiger partial charge in [-0.1, -0.05) is 24.0 Å². The molecule has 166 valence electrons. The smallest absolute Gasteiger partial charge is 0.320 e. The number of carbonyl (C=O) groups excluding carboxylic acids is 1. The lowest BCUT2D eigenvalue weighted by molar-refractivity contribution is -0.0506. The van der Waals surface area contributed by atoms with Gasteiger partial charge in [0.25, 0.3) is 0 Å². The lowest BCUT2D eigenvalue weighted by Gasteiger charge is -2.58. The molecule has 2 bridgehead atoms. The molecule has 1 N–H and O–H groups in total. The van der Waals surface area contributed by atoms with Gasteiger partial charge in [-0.25, -0.2) is 22.3 Å². The summed E-state index contributed by atoms with van der Waals surface area (Å²) in [6, 6.07) is 4.24. The van der Waals surface area contributed by atoms with Crippen molar-refractivity contribution < 1.29 is 17.6 Å². The van der Waals surface area contributed by atoms with Crippen LogP contribution in [0.2, 0.25) is 0 Å². The molecule has 3 saturated carbocycles. The number of hydrogen-bond acceptors (Lipinski definition) is 3. The molecule has 2 heterocycles. The van der Waals surface area contributed by atoms with Gasteiger partial charge < -0.3 is 9.80 Å². The number of halogens is 1. The number of urea groups is 1. The maximum absolute atomic E-state index is 15.3. The van der Waals surface area contributed by atoms with Gasteiger partial charge in [0, 0.05) is 31.1 Å². The second-order valence-electron chi connectivity index (χ2n) is 9.66. The molecule has 3 aliphatic carbocycles. The first-order chi connectivity index (χ1) is 14.7. The van der Waals surface area contributed by atoms with E-state index in [1.165, 1.54) is 0 Å². The van der Waals surface area contributed by atoms with Gasteiger partial charge in [-0.05, 0) is 56.1 Å². The van der Waals surface area contributed by atoms with E-state index in [-0.39, 0.29) is 23.7 Å². The van der Waals surface area contributed by atoms with Crippen LogP contribution in [0.4, 0.5) is 9.18 Å². The third-order valence-electron chi connectivity index (χ3n) is 7.29. The van der Waals surface area contributed by atoms with Gasteiger partial charge >= 0.3 is 6.03 Å². The van der Waals surface area contributed by atoms with Crippen molar-refractivity contribution in [2.24, 2.45) is 11.3 Å². The number of amides is 2. The summed E-state index contributed by atoms with van der Waals surface area (Å²) in [6.45, 7) is 1.89. The Kier molecular flexibility index (Phi) is 5.02. The zero-order valence-corrected chi connectivity index (χ0v) is 18.5. The topological polar surface area (TPSA) is 69.7 Å². The van der Waals surface area contributed by atoms with Gasteiger partial charge in [-0.3, -0.25) is 0 Å². The number of likely N-dealkylation sites (tertiary alicyclic amines) is 2. The standard InChI is InChI=1S/C23H28FN3O3S/c1-31(29,30)25-19-7-11-27(22(28)26-9-3-10-26)20(19)12-18-5-2-4-17(21(18)24)6-8-23-13-16(14-23)15-23/h2,4-5,16,19-20,25H,3,7,9-15H2,1H3. The van der Waals surface area contributed by atoms with Crippen LogP contribution in [0.25, 0.3) is 0 Å². The van der Waals surface area contributed by atoms with Crippen LogP contribution in [-0.4, -0.2) is 62.2 Å². The fraction of sp³-hybridized carbons (Fsp3) is 0.609. The minimum Gasteiger partial charge on any atom is -0.325 e. The fourth-order valence-corrected chi connectivity index (χ4v) is 6.16. The van der Waals surface area contributed by atoms with Crippen LogP contribution in [0.5, 0.6) is 0 Å². The summed E-state index contributed by atoms with van der Waals surface area (Å²) in [7, 11) is -3.45. The number of sulfonamides is 1. The third-order valence-corrected chi connectivity index (χ3v) is 8.02. The molecule has 2 saturated heterocycles. The predicted octanol–water partition coefficient (Wildman–Crippen LogP) is 2.34. The van der Waals surface area contributed by atoms with Gasteiger partial charge in [0.1, 0.15) is 5.82 Å². The first kappa shape index (κ1) is 20.8. The molecule has 5 fully saturated rings. The average Bonchev–Trinajstić information content (AvgIpc) is 2.94. The first-order valence-corrected chi connectivity index (χ1v) is 13.0. The molecular formula is C23H28FN3O3S. The van der Waals surface area contributed by atoms with Crippen LogP contribution in [0.15, 0.2) is 18.2 Å². The Morgan fingerprint density at radius 3 is 2.58 bits per heavy atom. The van der Waals surface area contributed by atoms with Gasteiger partial charge in [0.05, 0.1) is 17.9 Å². The second-order valence-corrected chi connectivity index (χ2v) is 11.4. The highest BCUT2D eigenvalue weighted by molar-refractivity contribution is 7.88. The van der Waals surface area contributed by atoms with E-state index in [1.807, 2.05) is 0 Å². The minimum absolute atomic E-state index is 0.0889. The molecule has 1 aromatic rings. The van der Waals surface area contributed by atoms with Crippen molar-refractivity contribution in [1.29, 1.82) is 0 Å². The summed E-state index contributed by atoms with van der Waals surface area (Å²) in [5, 5.41) is 0. The second kappa shape index (κ2) is 7.49. The van der Waals surface area contributed by atoms with Crippen molar-refractivity contribution >= 4 is 16.1 Å². The van der Waals surface area contributed by atoms with Gasteiger partial charge in [-0.15, -0.1) is 0 Å². The quantitative estimate of drug-likeness (QED) is 0.724. The number of nitrogens with zero attached hydrogens (tertiary/aromatic N) is 2. The Bertz CT molecular complexity index is 1060. The van der Waals surface area contributed by atoms with E-state index in [1.54, 1.807) is 28.0 Å². The van der Waals surface area contributed by atoms with Crippen molar-refractivity contribution in [2.45, 2.75) is 50.6 Å². The molecule has 5 aliphatic rings. The Hall–Kier alpha value is -2.11. The van der Waals surface area contributed by atoms with E-state index in [0.717, 1.165) is 37.9 Å². The maximum atomic E-state index is 15.3. The number of carbonyl (C=O) groups is 1. The highest BCUT2D eigenvalue weighted by atomic mass is 32.2. The Morgan fingerprint density at radius 2 is 2.00 bits per heavy atom. The van der Waals surface area contributed by atoms with Crippen molar-refractivity contribution in [3.05, 3.63) is 35.1 Å². The summed E-state index contributed by atoms with van der Waals surface area (Å²) in [6.07, 6.45) is 6.27. The van der Waals surface area contributed by atoms with Crippen LogP contribution in [0.3, 0.4) is 0 Å². The SMILES string of the molecule is CS(=O)(=O)NC1CCN(C(=O)N2CCC2)C1Cc1cccc(C#CC23CC(C2)C3)c1F. The highest BCUT2D eigenvalue weighted by Gasteiger charge is 2.55. The molecule has 6 nitrogen and oxygen atoms in total. The third kappa shape index (κ3) is 3.94. The molecule has 0 aromatic heterocycles. The van der Waals surface area contributed by atoms with Crippen molar-refractivity contribution in [3.63, 3.8) is 0 Å². The van der Waals surface area contributed by atoms with Crippen molar-refractivity contribution in [1.82, 2.24) is 14.5 Å². The van der Waals surface area contributed by atoms with E-state index in [9.17, 15) is 13.2 Å². The molecule has 8 heteroatoms. The predicted molar refractivity (Wildman–Crippen MR) is 115 cm³/mol. The molecular weight excluding hydrogens is 417 g/mol. The van der Waals surface area contributed by atoms with E-state index in [0.29, 0.717) is 37.2 Å². The summed E-state index contributed by atoms with van der Waals surface area (Å²) < 4.78 is 41.7. The molecule has 1 aromatic carbocycles. The summed E-state index contributed by atoms with van der Waals surface area (Å²) >= 11 is 0. The summed E-state index contributed by atoms with van der Waals surface area (Å²) in [4.78, 5) is 16.4. The summed E-state index contributed by atoms with van der Waals surface area (Å²) in [5.74, 6) is 6.80. The van der Waals surface area contributed by atoms with Gasteiger partial charge in [0.2, 0.25) is 10.0 Å².